The van der Waals surface area contributed by atoms with E-state index in [-0.39, 0.29) is 24.8 Å². The summed E-state index contributed by atoms with van der Waals surface area (Å²) in [4.78, 5) is 22.7. The Bertz CT molecular complexity index is 295. The number of hydrogen-bond acceptors (Lipinski definition) is 3. The lowest BCUT2D eigenvalue weighted by atomic mass is 10.1. The summed E-state index contributed by atoms with van der Waals surface area (Å²) < 4.78 is 0. The molecule has 0 radical (unpaired) electrons. The number of carbonyl (C=O) groups excluding carboxylic acids is 2. The maximum Gasteiger partial charge on any atom is 0.237 e. The molecule has 0 aliphatic carbocycles. The van der Waals surface area contributed by atoms with E-state index in [1.165, 1.54) is 0 Å². The molecule has 0 aliphatic rings. The van der Waals surface area contributed by atoms with Crippen molar-refractivity contribution in [1.29, 1.82) is 5.26 Å². The van der Waals surface area contributed by atoms with Crippen LogP contribution in [-0.2, 0) is 9.59 Å². The van der Waals surface area contributed by atoms with Gasteiger partial charge in [0.05, 0.1) is 6.07 Å². The van der Waals surface area contributed by atoms with E-state index in [0.717, 1.165) is 0 Å². The summed E-state index contributed by atoms with van der Waals surface area (Å²) in [5.74, 6) is -0.582. The molecule has 0 aromatic rings. The van der Waals surface area contributed by atoms with Crippen LogP contribution in [0.1, 0.15) is 33.6 Å². The molecule has 0 heterocycles. The van der Waals surface area contributed by atoms with Crippen LogP contribution in [0.3, 0.4) is 0 Å². The van der Waals surface area contributed by atoms with Gasteiger partial charge in [0.15, 0.2) is 0 Å². The molecule has 0 saturated heterocycles. The van der Waals surface area contributed by atoms with Gasteiger partial charge in [0.1, 0.15) is 5.92 Å². The molecule has 17 heavy (non-hydrogen) atoms. The zero-order valence-corrected chi connectivity index (χ0v) is 10.7. The fraction of sp³-hybridized carbons (Fsp3) is 0.750. The molecule has 96 valence electrons. The number of amides is 2. The largest absolute Gasteiger partial charge is 0.356 e. The average Bonchev–Trinajstić information content (AvgIpc) is 2.28. The number of carbonyl (C=O) groups is 2. The van der Waals surface area contributed by atoms with Crippen molar-refractivity contribution in [2.75, 3.05) is 13.1 Å². The summed E-state index contributed by atoms with van der Waals surface area (Å²) in [6.07, 6.45) is 0.738. The number of rotatable bonds is 7. The maximum absolute atomic E-state index is 11.4. The van der Waals surface area contributed by atoms with Crippen LogP contribution in [0.15, 0.2) is 0 Å². The lowest BCUT2D eigenvalue weighted by molar-refractivity contribution is -0.124. The van der Waals surface area contributed by atoms with Gasteiger partial charge in [0.2, 0.25) is 11.8 Å². The van der Waals surface area contributed by atoms with E-state index in [4.69, 9.17) is 5.26 Å². The molecule has 0 saturated carbocycles. The molecule has 0 rings (SSSR count). The third kappa shape index (κ3) is 7.34. The summed E-state index contributed by atoms with van der Waals surface area (Å²) in [5, 5.41) is 14.0. The Kier molecular flexibility index (Phi) is 7.78. The van der Waals surface area contributed by atoms with Crippen LogP contribution in [0.5, 0.6) is 0 Å². The van der Waals surface area contributed by atoms with E-state index >= 15 is 0 Å². The maximum atomic E-state index is 11.4. The molecule has 0 aliphatic heterocycles. The molecule has 2 N–H and O–H groups in total. The Morgan fingerprint density at radius 1 is 1.29 bits per heavy atom. The van der Waals surface area contributed by atoms with Crippen molar-refractivity contribution in [3.63, 3.8) is 0 Å². The molecular formula is C12H21N3O2. The van der Waals surface area contributed by atoms with Gasteiger partial charge in [-0.1, -0.05) is 20.8 Å². The molecule has 5 nitrogen and oxygen atoms in total. The first-order chi connectivity index (χ1) is 8.01. The van der Waals surface area contributed by atoms with Gasteiger partial charge >= 0.3 is 0 Å². The Labute approximate surface area is 103 Å². The predicted octanol–water partition coefficient (Wildman–Crippen LogP) is 0.815. The van der Waals surface area contributed by atoms with Crippen molar-refractivity contribution in [2.24, 2.45) is 11.8 Å². The van der Waals surface area contributed by atoms with Crippen molar-refractivity contribution in [2.45, 2.75) is 33.6 Å². The van der Waals surface area contributed by atoms with Crippen molar-refractivity contribution < 1.29 is 9.59 Å². The summed E-state index contributed by atoms with van der Waals surface area (Å²) in [6.45, 7) is 6.73. The van der Waals surface area contributed by atoms with Gasteiger partial charge in [-0.15, -0.1) is 0 Å². The number of hydrogen-bond donors (Lipinski definition) is 2. The fourth-order valence-electron chi connectivity index (χ4n) is 1.16. The zero-order chi connectivity index (χ0) is 13.3. The standard InChI is InChI=1S/C12H21N3O2/c1-4-10(7-13)12(17)14-6-5-11(16)15-8-9(2)3/h9-10H,4-6,8H2,1-3H3,(H,14,17)(H,15,16). The predicted molar refractivity (Wildman–Crippen MR) is 64.9 cm³/mol. The Hall–Kier alpha value is -1.57. The molecular weight excluding hydrogens is 218 g/mol. The fourth-order valence-corrected chi connectivity index (χ4v) is 1.16. The van der Waals surface area contributed by atoms with Crippen molar-refractivity contribution >= 4 is 11.8 Å². The first kappa shape index (κ1) is 15.4. The van der Waals surface area contributed by atoms with E-state index in [9.17, 15) is 9.59 Å². The topological polar surface area (TPSA) is 82.0 Å². The van der Waals surface area contributed by atoms with E-state index in [2.05, 4.69) is 10.6 Å². The van der Waals surface area contributed by atoms with Gasteiger partial charge < -0.3 is 10.6 Å². The molecule has 0 bridgehead atoms. The first-order valence-electron chi connectivity index (χ1n) is 5.95. The average molecular weight is 239 g/mol. The Balaban J connectivity index is 3.73. The van der Waals surface area contributed by atoms with Crippen molar-refractivity contribution in [3.05, 3.63) is 0 Å². The highest BCUT2D eigenvalue weighted by Crippen LogP contribution is 1.99. The Morgan fingerprint density at radius 2 is 1.94 bits per heavy atom. The third-order valence-electron chi connectivity index (χ3n) is 2.24. The molecule has 1 unspecified atom stereocenters. The van der Waals surface area contributed by atoms with Crippen LogP contribution in [0, 0.1) is 23.2 Å². The van der Waals surface area contributed by atoms with Gasteiger partial charge in [-0.2, -0.15) is 5.26 Å². The molecule has 1 atom stereocenters. The minimum atomic E-state index is -0.617. The Morgan fingerprint density at radius 3 is 2.41 bits per heavy atom. The van der Waals surface area contributed by atoms with Crippen molar-refractivity contribution in [1.82, 2.24) is 10.6 Å². The molecule has 5 heteroatoms. The summed E-state index contributed by atoms with van der Waals surface area (Å²) in [6, 6.07) is 1.92. The van der Waals surface area contributed by atoms with Crippen LogP contribution in [0.25, 0.3) is 0 Å². The molecule has 0 spiro atoms. The van der Waals surface area contributed by atoms with Crippen LogP contribution in [0.2, 0.25) is 0 Å². The number of nitrogens with zero attached hydrogens (tertiary/aromatic N) is 1. The van der Waals surface area contributed by atoms with Gasteiger partial charge in [-0.25, -0.2) is 0 Å². The normalized spacial score (nSPS) is 11.7. The zero-order valence-electron chi connectivity index (χ0n) is 10.7. The van der Waals surface area contributed by atoms with Gasteiger partial charge in [-0.3, -0.25) is 9.59 Å². The SMILES string of the molecule is CCC(C#N)C(=O)NCCC(=O)NCC(C)C. The van der Waals surface area contributed by atoms with Gasteiger partial charge in [0, 0.05) is 19.5 Å². The van der Waals surface area contributed by atoms with Crippen LogP contribution in [-0.4, -0.2) is 24.9 Å². The quantitative estimate of drug-likeness (QED) is 0.690. The van der Waals surface area contributed by atoms with E-state index in [1.807, 2.05) is 19.9 Å². The van der Waals surface area contributed by atoms with Crippen LogP contribution >= 0.6 is 0 Å². The minimum absolute atomic E-state index is 0.0796. The smallest absolute Gasteiger partial charge is 0.237 e. The van der Waals surface area contributed by atoms with Gasteiger partial charge in [-0.05, 0) is 12.3 Å². The van der Waals surface area contributed by atoms with Crippen molar-refractivity contribution in [3.8, 4) is 6.07 Å². The highest BCUT2D eigenvalue weighted by molar-refractivity contribution is 5.82. The summed E-state index contributed by atoms with van der Waals surface area (Å²) >= 11 is 0. The van der Waals surface area contributed by atoms with Crippen LogP contribution < -0.4 is 10.6 Å². The number of nitriles is 1. The molecule has 0 aromatic carbocycles. The highest BCUT2D eigenvalue weighted by atomic mass is 16.2. The summed E-state index contributed by atoms with van der Waals surface area (Å²) in [7, 11) is 0. The highest BCUT2D eigenvalue weighted by Gasteiger charge is 2.14. The lowest BCUT2D eigenvalue weighted by Gasteiger charge is -2.09. The minimum Gasteiger partial charge on any atom is -0.356 e. The summed E-state index contributed by atoms with van der Waals surface area (Å²) in [5.41, 5.74) is 0. The number of nitrogens with one attached hydrogen (secondary N) is 2. The monoisotopic (exact) mass is 239 g/mol. The van der Waals surface area contributed by atoms with Gasteiger partial charge in [0.25, 0.3) is 0 Å². The second kappa shape index (κ2) is 8.57. The molecule has 0 fully saturated rings. The first-order valence-corrected chi connectivity index (χ1v) is 5.95. The second-order valence-electron chi connectivity index (χ2n) is 4.33. The molecule has 2 amide bonds. The second-order valence-corrected chi connectivity index (χ2v) is 4.33. The molecule has 0 aromatic heterocycles. The van der Waals surface area contributed by atoms with Crippen LogP contribution in [0.4, 0.5) is 0 Å². The van der Waals surface area contributed by atoms with E-state index in [0.29, 0.717) is 18.9 Å². The van der Waals surface area contributed by atoms with E-state index in [1.54, 1.807) is 6.92 Å². The van der Waals surface area contributed by atoms with E-state index < -0.39 is 5.92 Å². The third-order valence-corrected chi connectivity index (χ3v) is 2.24. The lowest BCUT2D eigenvalue weighted by Crippen LogP contribution is -2.34.